The third-order valence-corrected chi connectivity index (χ3v) is 4.71. The van der Waals surface area contributed by atoms with E-state index in [0.717, 1.165) is 50.8 Å². The first-order valence-electron chi connectivity index (χ1n) is 8.55. The van der Waals surface area contributed by atoms with Gasteiger partial charge in [0.2, 0.25) is 0 Å². The van der Waals surface area contributed by atoms with Crippen molar-refractivity contribution in [2.45, 2.75) is 76.6 Å². The zero-order valence-corrected chi connectivity index (χ0v) is 16.5. The summed E-state index contributed by atoms with van der Waals surface area (Å²) >= 11 is 0. The highest BCUT2D eigenvalue weighted by atomic mass is 127. The maximum Gasteiger partial charge on any atom is 0.191 e. The quantitative estimate of drug-likeness (QED) is 0.347. The number of hydrogen-bond donors (Lipinski definition) is 3. The first kappa shape index (κ1) is 20.0. The van der Waals surface area contributed by atoms with Crippen LogP contribution in [0.1, 0.15) is 52.4 Å². The number of nitrogens with one attached hydrogen (secondary N) is 2. The van der Waals surface area contributed by atoms with E-state index in [1.807, 2.05) is 0 Å². The summed E-state index contributed by atoms with van der Waals surface area (Å²) in [4.78, 5) is 7.20. The third-order valence-electron chi connectivity index (χ3n) is 4.71. The molecule has 3 N–H and O–H groups in total. The average Bonchev–Trinajstić information content (AvgIpc) is 3.31. The summed E-state index contributed by atoms with van der Waals surface area (Å²) in [5.74, 6) is 0.926. The number of hydrogen-bond acceptors (Lipinski definition) is 3. The first-order valence-corrected chi connectivity index (χ1v) is 8.55. The largest absolute Gasteiger partial charge is 0.393 e. The van der Waals surface area contributed by atoms with E-state index in [1.165, 1.54) is 12.8 Å². The van der Waals surface area contributed by atoms with Gasteiger partial charge in [0.1, 0.15) is 0 Å². The second-order valence-corrected chi connectivity index (χ2v) is 6.62. The number of likely N-dealkylation sites (N-methyl/N-ethyl adjacent to an activating group) is 1. The van der Waals surface area contributed by atoms with Gasteiger partial charge in [-0.05, 0) is 59.4 Å². The molecule has 2 fully saturated rings. The molecule has 1 atom stereocenters. The highest BCUT2D eigenvalue weighted by Gasteiger charge is 2.29. The molecule has 5 nitrogen and oxygen atoms in total. The molecule has 2 saturated carbocycles. The Kier molecular flexibility index (Phi) is 9.01. The van der Waals surface area contributed by atoms with Crippen LogP contribution in [0.2, 0.25) is 0 Å². The monoisotopic (exact) mass is 424 g/mol. The number of guanidine groups is 1. The van der Waals surface area contributed by atoms with Crippen molar-refractivity contribution in [3.05, 3.63) is 0 Å². The van der Waals surface area contributed by atoms with E-state index < -0.39 is 0 Å². The molecule has 0 amide bonds. The Balaban J connectivity index is 0.00000242. The molecule has 130 valence electrons. The Hall–Kier alpha value is -0.0800. The number of aliphatic hydroxyl groups is 1. The summed E-state index contributed by atoms with van der Waals surface area (Å²) in [6, 6.07) is 1.72. The fourth-order valence-corrected chi connectivity index (χ4v) is 2.93. The molecule has 22 heavy (non-hydrogen) atoms. The third kappa shape index (κ3) is 6.58. The van der Waals surface area contributed by atoms with Crippen LogP contribution in [0, 0.1) is 0 Å². The van der Waals surface area contributed by atoms with Gasteiger partial charge in [-0.15, -0.1) is 24.0 Å². The maximum absolute atomic E-state index is 9.58. The van der Waals surface area contributed by atoms with E-state index in [4.69, 9.17) is 4.99 Å². The molecule has 0 aliphatic heterocycles. The number of nitrogens with zero attached hydrogens (tertiary/aromatic N) is 2. The van der Waals surface area contributed by atoms with E-state index in [-0.39, 0.29) is 30.1 Å². The van der Waals surface area contributed by atoms with E-state index in [0.29, 0.717) is 12.1 Å². The van der Waals surface area contributed by atoms with Crippen LogP contribution in [0.5, 0.6) is 0 Å². The SMILES string of the molecule is CCNC(=NCC(C)N(C)C1CC1)NC1CCC(O)CC1.I. The summed E-state index contributed by atoms with van der Waals surface area (Å²) < 4.78 is 0. The van der Waals surface area contributed by atoms with Crippen molar-refractivity contribution in [1.82, 2.24) is 15.5 Å². The second-order valence-electron chi connectivity index (χ2n) is 6.62. The normalized spacial score (nSPS) is 27.2. The maximum atomic E-state index is 9.58. The molecule has 0 spiro atoms. The summed E-state index contributed by atoms with van der Waals surface area (Å²) in [6.07, 6.45) is 6.44. The zero-order chi connectivity index (χ0) is 15.2. The van der Waals surface area contributed by atoms with E-state index >= 15 is 0 Å². The second kappa shape index (κ2) is 9.93. The van der Waals surface area contributed by atoms with Gasteiger partial charge < -0.3 is 15.7 Å². The lowest BCUT2D eigenvalue weighted by molar-refractivity contribution is 0.120. The lowest BCUT2D eigenvalue weighted by Gasteiger charge is -2.28. The molecule has 0 aromatic rings. The van der Waals surface area contributed by atoms with Crippen LogP contribution in [0.3, 0.4) is 0 Å². The lowest BCUT2D eigenvalue weighted by atomic mass is 9.93. The molecule has 2 aliphatic rings. The summed E-state index contributed by atoms with van der Waals surface area (Å²) in [6.45, 7) is 6.07. The Morgan fingerprint density at radius 2 is 1.86 bits per heavy atom. The molecule has 2 rings (SSSR count). The Labute approximate surface area is 152 Å². The van der Waals surface area contributed by atoms with Gasteiger partial charge in [0.05, 0.1) is 12.6 Å². The van der Waals surface area contributed by atoms with Gasteiger partial charge in [0.15, 0.2) is 5.96 Å². The van der Waals surface area contributed by atoms with Gasteiger partial charge in [-0.25, -0.2) is 0 Å². The number of aliphatic hydroxyl groups excluding tert-OH is 1. The Morgan fingerprint density at radius 1 is 1.23 bits per heavy atom. The van der Waals surface area contributed by atoms with Crippen LogP contribution in [0.25, 0.3) is 0 Å². The van der Waals surface area contributed by atoms with Gasteiger partial charge in [-0.3, -0.25) is 9.89 Å². The fourth-order valence-electron chi connectivity index (χ4n) is 2.93. The van der Waals surface area contributed by atoms with Crippen molar-refractivity contribution < 1.29 is 5.11 Å². The zero-order valence-electron chi connectivity index (χ0n) is 14.2. The minimum Gasteiger partial charge on any atom is -0.393 e. The molecule has 2 aliphatic carbocycles. The highest BCUT2D eigenvalue weighted by molar-refractivity contribution is 14.0. The average molecular weight is 424 g/mol. The number of halogens is 1. The van der Waals surface area contributed by atoms with Gasteiger partial charge in [-0.1, -0.05) is 0 Å². The Bertz CT molecular complexity index is 341. The predicted octanol–water partition coefficient (Wildman–Crippen LogP) is 1.95. The van der Waals surface area contributed by atoms with Crippen LogP contribution in [-0.2, 0) is 0 Å². The topological polar surface area (TPSA) is 59.9 Å². The van der Waals surface area contributed by atoms with Crippen molar-refractivity contribution in [1.29, 1.82) is 0 Å². The summed E-state index contributed by atoms with van der Waals surface area (Å²) in [5.41, 5.74) is 0. The van der Waals surface area contributed by atoms with Crippen molar-refractivity contribution >= 4 is 29.9 Å². The van der Waals surface area contributed by atoms with Crippen LogP contribution in [0.15, 0.2) is 4.99 Å². The van der Waals surface area contributed by atoms with Crippen molar-refractivity contribution in [3.8, 4) is 0 Å². The van der Waals surface area contributed by atoms with Crippen LogP contribution in [0.4, 0.5) is 0 Å². The minimum atomic E-state index is -0.102. The molecule has 0 saturated heterocycles. The van der Waals surface area contributed by atoms with Gasteiger partial charge in [0.25, 0.3) is 0 Å². The molecular weight excluding hydrogens is 391 g/mol. The molecule has 0 heterocycles. The molecule has 0 radical (unpaired) electrons. The van der Waals surface area contributed by atoms with Gasteiger partial charge >= 0.3 is 0 Å². The lowest BCUT2D eigenvalue weighted by Crippen LogP contribution is -2.46. The van der Waals surface area contributed by atoms with E-state index in [9.17, 15) is 5.11 Å². The van der Waals surface area contributed by atoms with Crippen molar-refractivity contribution in [3.63, 3.8) is 0 Å². The van der Waals surface area contributed by atoms with E-state index in [2.05, 4.69) is 36.4 Å². The molecule has 0 bridgehead atoms. The summed E-state index contributed by atoms with van der Waals surface area (Å²) in [7, 11) is 2.21. The molecular formula is C16H33IN4O. The van der Waals surface area contributed by atoms with Crippen LogP contribution < -0.4 is 10.6 Å². The van der Waals surface area contributed by atoms with E-state index in [1.54, 1.807) is 0 Å². The molecule has 0 aromatic carbocycles. The van der Waals surface area contributed by atoms with Crippen LogP contribution >= 0.6 is 24.0 Å². The molecule has 6 heteroatoms. The summed E-state index contributed by atoms with van der Waals surface area (Å²) in [5, 5.41) is 16.4. The molecule has 0 aromatic heterocycles. The van der Waals surface area contributed by atoms with Crippen LogP contribution in [-0.4, -0.2) is 60.3 Å². The smallest absolute Gasteiger partial charge is 0.191 e. The fraction of sp³-hybridized carbons (Fsp3) is 0.938. The molecule has 1 unspecified atom stereocenters. The first-order chi connectivity index (χ1) is 10.1. The van der Waals surface area contributed by atoms with Crippen molar-refractivity contribution in [2.24, 2.45) is 4.99 Å². The number of aliphatic imine (C=N–C) groups is 1. The number of rotatable bonds is 6. The standard InChI is InChI=1S/C16H32N4O.HI/c1-4-17-16(19-13-5-9-15(21)10-6-13)18-11-12(2)20(3)14-7-8-14;/h12-15,21H,4-11H2,1-3H3,(H2,17,18,19);1H. The van der Waals surface area contributed by atoms with Crippen molar-refractivity contribution in [2.75, 3.05) is 20.1 Å². The Morgan fingerprint density at radius 3 is 2.41 bits per heavy atom. The predicted molar refractivity (Wildman–Crippen MR) is 103 cm³/mol. The van der Waals surface area contributed by atoms with Gasteiger partial charge in [-0.2, -0.15) is 0 Å². The minimum absolute atomic E-state index is 0. The van der Waals surface area contributed by atoms with Gasteiger partial charge in [0, 0.05) is 24.7 Å². The highest BCUT2D eigenvalue weighted by Crippen LogP contribution is 2.26.